The standard InChI is InChI=1S/C20H19ClN2O2/c1-23(12-5-13-25-17-6-3-2-4-7-17)20(24)16-8-10-18-15(14-16)9-11-19(21)22-18/h2-4,6-11,14H,5,12-13H2,1H3. The maximum Gasteiger partial charge on any atom is 0.253 e. The molecule has 0 bridgehead atoms. The summed E-state index contributed by atoms with van der Waals surface area (Å²) in [7, 11) is 1.80. The van der Waals surface area contributed by atoms with Gasteiger partial charge in [0.05, 0.1) is 12.1 Å². The lowest BCUT2D eigenvalue weighted by Gasteiger charge is -2.17. The van der Waals surface area contributed by atoms with Gasteiger partial charge >= 0.3 is 0 Å². The van der Waals surface area contributed by atoms with E-state index in [9.17, 15) is 4.79 Å². The van der Waals surface area contributed by atoms with Crippen molar-refractivity contribution in [3.05, 3.63) is 71.4 Å². The van der Waals surface area contributed by atoms with Gasteiger partial charge in [0.15, 0.2) is 0 Å². The average Bonchev–Trinajstić information content (AvgIpc) is 2.65. The molecule has 0 N–H and O–H groups in total. The second-order valence-corrected chi connectivity index (χ2v) is 6.17. The summed E-state index contributed by atoms with van der Waals surface area (Å²) in [5.74, 6) is 0.828. The highest BCUT2D eigenvalue weighted by Gasteiger charge is 2.12. The van der Waals surface area contributed by atoms with Gasteiger partial charge in [-0.15, -0.1) is 0 Å². The smallest absolute Gasteiger partial charge is 0.253 e. The molecule has 4 nitrogen and oxygen atoms in total. The third-order valence-corrected chi connectivity index (χ3v) is 4.11. The lowest BCUT2D eigenvalue weighted by molar-refractivity contribution is 0.0788. The van der Waals surface area contributed by atoms with E-state index in [4.69, 9.17) is 16.3 Å². The Labute approximate surface area is 152 Å². The zero-order valence-corrected chi connectivity index (χ0v) is 14.7. The minimum atomic E-state index is -0.0171. The summed E-state index contributed by atoms with van der Waals surface area (Å²) in [5.41, 5.74) is 1.42. The number of halogens is 1. The lowest BCUT2D eigenvalue weighted by Crippen LogP contribution is -2.28. The van der Waals surface area contributed by atoms with Crippen molar-refractivity contribution in [2.45, 2.75) is 6.42 Å². The molecular formula is C20H19ClN2O2. The van der Waals surface area contributed by atoms with Crippen LogP contribution in [-0.2, 0) is 0 Å². The summed E-state index contributed by atoms with van der Waals surface area (Å²) >= 11 is 5.89. The fraction of sp³-hybridized carbons (Fsp3) is 0.200. The summed E-state index contributed by atoms with van der Waals surface area (Å²) < 4.78 is 5.65. The van der Waals surface area contributed by atoms with Crippen LogP contribution >= 0.6 is 11.6 Å². The summed E-state index contributed by atoms with van der Waals surface area (Å²) in [6.07, 6.45) is 0.766. The molecule has 0 spiro atoms. The largest absolute Gasteiger partial charge is 0.494 e. The minimum absolute atomic E-state index is 0.0171. The van der Waals surface area contributed by atoms with Gasteiger partial charge in [0.1, 0.15) is 10.9 Å². The molecule has 3 rings (SSSR count). The summed E-state index contributed by atoms with van der Waals surface area (Å²) in [5, 5.41) is 1.35. The first-order valence-corrected chi connectivity index (χ1v) is 8.51. The molecular weight excluding hydrogens is 336 g/mol. The fourth-order valence-electron chi connectivity index (χ4n) is 2.56. The molecule has 0 saturated heterocycles. The van der Waals surface area contributed by atoms with Crippen molar-refractivity contribution in [3.63, 3.8) is 0 Å². The van der Waals surface area contributed by atoms with Crippen molar-refractivity contribution >= 4 is 28.4 Å². The third-order valence-electron chi connectivity index (χ3n) is 3.90. The number of nitrogens with zero attached hydrogens (tertiary/aromatic N) is 2. The Morgan fingerprint density at radius 2 is 1.92 bits per heavy atom. The number of pyridine rings is 1. The van der Waals surface area contributed by atoms with Crippen LogP contribution in [0.15, 0.2) is 60.7 Å². The van der Waals surface area contributed by atoms with Crippen molar-refractivity contribution in [1.29, 1.82) is 0 Å². The van der Waals surface area contributed by atoms with E-state index < -0.39 is 0 Å². The molecule has 1 heterocycles. The van der Waals surface area contributed by atoms with Crippen molar-refractivity contribution in [2.75, 3.05) is 20.2 Å². The van der Waals surface area contributed by atoms with Crippen molar-refractivity contribution in [1.82, 2.24) is 9.88 Å². The average molecular weight is 355 g/mol. The Bertz CT molecular complexity index is 868. The minimum Gasteiger partial charge on any atom is -0.494 e. The molecule has 0 saturated carbocycles. The molecule has 25 heavy (non-hydrogen) atoms. The van der Waals surface area contributed by atoms with Crippen LogP contribution in [-0.4, -0.2) is 36.0 Å². The van der Waals surface area contributed by atoms with Gasteiger partial charge in [-0.1, -0.05) is 29.8 Å². The molecule has 0 aliphatic rings. The van der Waals surface area contributed by atoms with Crippen LogP contribution in [0, 0.1) is 0 Å². The number of carbonyl (C=O) groups excluding carboxylic acids is 1. The van der Waals surface area contributed by atoms with Gasteiger partial charge in [0.25, 0.3) is 5.91 Å². The number of fused-ring (bicyclic) bond motifs is 1. The third kappa shape index (κ3) is 4.48. The van der Waals surface area contributed by atoms with Gasteiger partial charge in [0.2, 0.25) is 0 Å². The first-order chi connectivity index (χ1) is 12.1. The van der Waals surface area contributed by atoms with Crippen molar-refractivity contribution in [2.24, 2.45) is 0 Å². The van der Waals surface area contributed by atoms with Crippen LogP contribution in [0.25, 0.3) is 10.9 Å². The Kier molecular flexibility index (Phi) is 5.51. The van der Waals surface area contributed by atoms with E-state index in [0.717, 1.165) is 23.1 Å². The molecule has 3 aromatic rings. The highest BCUT2D eigenvalue weighted by atomic mass is 35.5. The Morgan fingerprint density at radius 3 is 2.72 bits per heavy atom. The quantitative estimate of drug-likeness (QED) is 0.486. The molecule has 0 aliphatic carbocycles. The zero-order chi connectivity index (χ0) is 17.6. The summed E-state index contributed by atoms with van der Waals surface area (Å²) in [6, 6.07) is 18.7. The van der Waals surface area contributed by atoms with E-state index in [-0.39, 0.29) is 5.91 Å². The van der Waals surface area contributed by atoms with E-state index in [1.165, 1.54) is 0 Å². The topological polar surface area (TPSA) is 42.4 Å². The van der Waals surface area contributed by atoms with Gasteiger partial charge in [-0.3, -0.25) is 4.79 Å². The van der Waals surface area contributed by atoms with Crippen LogP contribution in [0.5, 0.6) is 5.75 Å². The summed E-state index contributed by atoms with van der Waals surface area (Å²) in [6.45, 7) is 1.20. The Balaban J connectivity index is 1.55. The van der Waals surface area contributed by atoms with E-state index in [1.807, 2.05) is 48.5 Å². The van der Waals surface area contributed by atoms with Crippen LogP contribution in [0.1, 0.15) is 16.8 Å². The number of aromatic nitrogens is 1. The molecule has 2 aromatic carbocycles. The van der Waals surface area contributed by atoms with Gasteiger partial charge < -0.3 is 9.64 Å². The highest BCUT2D eigenvalue weighted by Crippen LogP contribution is 2.18. The number of hydrogen-bond donors (Lipinski definition) is 0. The number of hydrogen-bond acceptors (Lipinski definition) is 3. The molecule has 0 fully saturated rings. The van der Waals surface area contributed by atoms with Gasteiger partial charge in [0, 0.05) is 24.5 Å². The SMILES string of the molecule is CN(CCCOc1ccccc1)C(=O)c1ccc2nc(Cl)ccc2c1. The lowest BCUT2D eigenvalue weighted by atomic mass is 10.1. The highest BCUT2D eigenvalue weighted by molar-refractivity contribution is 6.29. The number of carbonyl (C=O) groups is 1. The fourth-order valence-corrected chi connectivity index (χ4v) is 2.72. The molecule has 0 atom stereocenters. The molecule has 0 aliphatic heterocycles. The molecule has 128 valence electrons. The van der Waals surface area contributed by atoms with E-state index in [0.29, 0.717) is 23.9 Å². The number of rotatable bonds is 6. The number of benzene rings is 2. The van der Waals surface area contributed by atoms with E-state index in [1.54, 1.807) is 24.1 Å². The number of para-hydroxylation sites is 1. The number of ether oxygens (including phenoxy) is 1. The Morgan fingerprint density at radius 1 is 1.12 bits per heavy atom. The molecule has 0 unspecified atom stereocenters. The van der Waals surface area contributed by atoms with Gasteiger partial charge in [-0.25, -0.2) is 4.98 Å². The van der Waals surface area contributed by atoms with Crippen LogP contribution in [0.3, 0.4) is 0 Å². The monoisotopic (exact) mass is 354 g/mol. The first kappa shape index (κ1) is 17.2. The molecule has 5 heteroatoms. The second kappa shape index (κ2) is 7.99. The molecule has 1 aromatic heterocycles. The maximum absolute atomic E-state index is 12.6. The second-order valence-electron chi connectivity index (χ2n) is 5.78. The Hall–Kier alpha value is -2.59. The summed E-state index contributed by atoms with van der Waals surface area (Å²) in [4.78, 5) is 18.5. The van der Waals surface area contributed by atoms with E-state index >= 15 is 0 Å². The maximum atomic E-state index is 12.6. The van der Waals surface area contributed by atoms with Gasteiger partial charge in [-0.2, -0.15) is 0 Å². The zero-order valence-electron chi connectivity index (χ0n) is 14.0. The van der Waals surface area contributed by atoms with Crippen LogP contribution in [0.2, 0.25) is 5.15 Å². The van der Waals surface area contributed by atoms with Crippen molar-refractivity contribution < 1.29 is 9.53 Å². The van der Waals surface area contributed by atoms with Crippen LogP contribution in [0.4, 0.5) is 0 Å². The molecule has 1 amide bonds. The predicted octanol–water partition coefficient (Wildman–Crippen LogP) is 4.43. The van der Waals surface area contributed by atoms with E-state index in [2.05, 4.69) is 4.98 Å². The number of amides is 1. The first-order valence-electron chi connectivity index (χ1n) is 8.13. The van der Waals surface area contributed by atoms with Crippen LogP contribution < -0.4 is 4.74 Å². The molecule has 0 radical (unpaired) electrons. The predicted molar refractivity (Wildman–Crippen MR) is 100 cm³/mol. The van der Waals surface area contributed by atoms with Gasteiger partial charge in [-0.05, 0) is 48.9 Å². The normalized spacial score (nSPS) is 10.6. The van der Waals surface area contributed by atoms with Crippen molar-refractivity contribution in [3.8, 4) is 5.75 Å².